The Morgan fingerprint density at radius 3 is 2.44 bits per heavy atom. The Labute approximate surface area is 147 Å². The number of nitrogens with zero attached hydrogens (tertiary/aromatic N) is 6. The molecule has 0 radical (unpaired) electrons. The van der Waals surface area contributed by atoms with E-state index < -0.39 is 0 Å². The minimum Gasteiger partial charge on any atom is -0.355 e. The van der Waals surface area contributed by atoms with Crippen LogP contribution < -0.4 is 15.4 Å². The Balaban J connectivity index is 1.48. The molecule has 0 aromatic carbocycles. The molecule has 1 saturated carbocycles. The summed E-state index contributed by atoms with van der Waals surface area (Å²) >= 11 is 0. The third kappa shape index (κ3) is 3.36. The van der Waals surface area contributed by atoms with Gasteiger partial charge in [0, 0.05) is 50.0 Å². The second-order valence-electron chi connectivity index (χ2n) is 7.03. The monoisotopic (exact) mass is 340 g/mol. The highest BCUT2D eigenvalue weighted by molar-refractivity contribution is 5.45. The molecule has 7 heteroatoms. The average molecular weight is 340 g/mol. The highest BCUT2D eigenvalue weighted by Gasteiger charge is 2.36. The third-order valence-electron chi connectivity index (χ3n) is 5.12. The normalized spacial score (nSPS) is 18.4. The van der Waals surface area contributed by atoms with Gasteiger partial charge in [0.1, 0.15) is 18.0 Å². The van der Waals surface area contributed by atoms with Crippen LogP contribution in [0.25, 0.3) is 0 Å². The minimum absolute atomic E-state index is 0.0716. The number of rotatable bonds is 4. The molecule has 2 fully saturated rings. The first-order valence-corrected chi connectivity index (χ1v) is 8.98. The van der Waals surface area contributed by atoms with Crippen molar-refractivity contribution in [2.75, 3.05) is 22.9 Å². The Bertz CT molecular complexity index is 807. The van der Waals surface area contributed by atoms with Gasteiger partial charge in [-0.2, -0.15) is 5.10 Å². The van der Waals surface area contributed by atoms with Gasteiger partial charge in [-0.05, 0) is 38.7 Å². The van der Waals surface area contributed by atoms with Gasteiger partial charge in [0.05, 0.1) is 0 Å². The molecular weight excluding hydrogens is 316 g/mol. The van der Waals surface area contributed by atoms with Gasteiger partial charge >= 0.3 is 0 Å². The van der Waals surface area contributed by atoms with Crippen LogP contribution in [0.15, 0.2) is 29.3 Å². The number of hydrogen-bond donors (Lipinski definition) is 0. The van der Waals surface area contributed by atoms with E-state index in [1.165, 1.54) is 17.5 Å². The number of piperidine rings is 1. The van der Waals surface area contributed by atoms with Crippen LogP contribution in [0.4, 0.5) is 11.6 Å². The highest BCUT2D eigenvalue weighted by atomic mass is 16.1. The van der Waals surface area contributed by atoms with Crippen molar-refractivity contribution >= 4 is 11.6 Å². The van der Waals surface area contributed by atoms with Crippen LogP contribution in [0.5, 0.6) is 0 Å². The van der Waals surface area contributed by atoms with Crippen molar-refractivity contribution in [1.82, 2.24) is 19.7 Å². The fourth-order valence-corrected chi connectivity index (χ4v) is 3.64. The van der Waals surface area contributed by atoms with E-state index in [9.17, 15) is 4.79 Å². The van der Waals surface area contributed by atoms with Crippen LogP contribution in [0, 0.1) is 6.92 Å². The summed E-state index contributed by atoms with van der Waals surface area (Å²) in [6, 6.07) is 6.65. The fourth-order valence-electron chi connectivity index (χ4n) is 3.64. The molecule has 0 spiro atoms. The first-order valence-electron chi connectivity index (χ1n) is 8.98. The van der Waals surface area contributed by atoms with Gasteiger partial charge in [-0.1, -0.05) is 0 Å². The smallest absolute Gasteiger partial charge is 0.266 e. The molecule has 0 unspecified atom stereocenters. The summed E-state index contributed by atoms with van der Waals surface area (Å²) in [5.74, 6) is 1.95. The zero-order valence-corrected chi connectivity index (χ0v) is 14.8. The number of aryl methyl sites for hydroxylation is 2. The lowest BCUT2D eigenvalue weighted by Crippen LogP contribution is -2.47. The zero-order chi connectivity index (χ0) is 17.4. The molecule has 3 heterocycles. The molecule has 0 bridgehead atoms. The average Bonchev–Trinajstić information content (AvgIpc) is 3.43. The van der Waals surface area contributed by atoms with Gasteiger partial charge in [-0.25, -0.2) is 14.6 Å². The molecular formula is C18H24N6O. The predicted molar refractivity (Wildman–Crippen MR) is 97.0 cm³/mol. The number of hydrogen-bond acceptors (Lipinski definition) is 6. The molecule has 2 aromatic heterocycles. The summed E-state index contributed by atoms with van der Waals surface area (Å²) in [6.07, 6.45) is 6.33. The summed E-state index contributed by atoms with van der Waals surface area (Å²) in [5, 5.41) is 4.38. The topological polar surface area (TPSA) is 67.2 Å². The van der Waals surface area contributed by atoms with Gasteiger partial charge < -0.3 is 9.80 Å². The lowest BCUT2D eigenvalue weighted by molar-refractivity contribution is 0.455. The Morgan fingerprint density at radius 1 is 1.08 bits per heavy atom. The van der Waals surface area contributed by atoms with E-state index >= 15 is 0 Å². The number of aromatic nitrogens is 4. The van der Waals surface area contributed by atoms with Crippen LogP contribution in [-0.2, 0) is 7.05 Å². The Hall–Kier alpha value is -2.44. The highest BCUT2D eigenvalue weighted by Crippen LogP contribution is 2.35. The summed E-state index contributed by atoms with van der Waals surface area (Å²) in [7, 11) is 1.70. The third-order valence-corrected chi connectivity index (χ3v) is 5.12. The van der Waals surface area contributed by atoms with Crippen LogP contribution in [0.3, 0.4) is 0 Å². The van der Waals surface area contributed by atoms with Gasteiger partial charge in [0.15, 0.2) is 0 Å². The van der Waals surface area contributed by atoms with Crippen molar-refractivity contribution in [3.63, 3.8) is 0 Å². The largest absolute Gasteiger partial charge is 0.355 e. The van der Waals surface area contributed by atoms with Crippen molar-refractivity contribution < 1.29 is 0 Å². The first-order chi connectivity index (χ1) is 12.1. The van der Waals surface area contributed by atoms with Crippen molar-refractivity contribution in [2.24, 2.45) is 7.05 Å². The van der Waals surface area contributed by atoms with Crippen molar-refractivity contribution in [3.05, 3.63) is 40.6 Å². The molecule has 132 valence electrons. The Morgan fingerprint density at radius 2 is 1.80 bits per heavy atom. The lowest BCUT2D eigenvalue weighted by Gasteiger charge is -2.39. The maximum atomic E-state index is 11.5. The van der Waals surface area contributed by atoms with Crippen LogP contribution in [0.2, 0.25) is 0 Å². The molecule has 1 aliphatic heterocycles. The molecule has 4 rings (SSSR count). The van der Waals surface area contributed by atoms with E-state index in [4.69, 9.17) is 0 Å². The fraction of sp³-hybridized carbons (Fsp3) is 0.556. The maximum absolute atomic E-state index is 11.5. The molecule has 2 aromatic rings. The van der Waals surface area contributed by atoms with Gasteiger partial charge in [0.2, 0.25) is 0 Å². The standard InChI is InChI=1S/C18H24N6O/c1-13-11-17(20-12-19-13)24(14-3-4-14)15-7-9-23(10-8-15)16-5-6-18(25)22(2)21-16/h5-6,11-12,14-15H,3-4,7-10H2,1-2H3. The molecule has 7 nitrogen and oxygen atoms in total. The van der Waals surface area contributed by atoms with Gasteiger partial charge in [-0.15, -0.1) is 0 Å². The molecule has 0 N–H and O–H groups in total. The first kappa shape index (κ1) is 16.1. The minimum atomic E-state index is -0.0716. The SMILES string of the molecule is Cc1cc(N(C2CC2)C2CCN(c3ccc(=O)n(C)n3)CC2)ncn1. The quantitative estimate of drug-likeness (QED) is 0.841. The zero-order valence-electron chi connectivity index (χ0n) is 14.8. The predicted octanol–water partition coefficient (Wildman–Crippen LogP) is 1.52. The molecule has 25 heavy (non-hydrogen) atoms. The van der Waals surface area contributed by atoms with E-state index in [2.05, 4.69) is 30.9 Å². The Kier molecular flexibility index (Phi) is 4.15. The number of anilines is 2. The lowest BCUT2D eigenvalue weighted by atomic mass is 10.0. The second kappa shape index (κ2) is 6.46. The molecule has 2 aliphatic rings. The van der Waals surface area contributed by atoms with Crippen molar-refractivity contribution in [2.45, 2.75) is 44.7 Å². The summed E-state index contributed by atoms with van der Waals surface area (Å²) in [6.45, 7) is 3.91. The van der Waals surface area contributed by atoms with Gasteiger partial charge in [-0.3, -0.25) is 4.79 Å². The van der Waals surface area contributed by atoms with Crippen LogP contribution in [0.1, 0.15) is 31.4 Å². The van der Waals surface area contributed by atoms with E-state index in [1.807, 2.05) is 13.0 Å². The maximum Gasteiger partial charge on any atom is 0.266 e. The molecule has 1 saturated heterocycles. The summed E-state index contributed by atoms with van der Waals surface area (Å²) in [4.78, 5) is 25.1. The molecule has 0 amide bonds. The van der Waals surface area contributed by atoms with Crippen molar-refractivity contribution in [3.8, 4) is 0 Å². The van der Waals surface area contributed by atoms with E-state index in [0.29, 0.717) is 12.1 Å². The van der Waals surface area contributed by atoms with Crippen LogP contribution >= 0.6 is 0 Å². The van der Waals surface area contributed by atoms with Crippen molar-refractivity contribution in [1.29, 1.82) is 0 Å². The van der Waals surface area contributed by atoms with Gasteiger partial charge in [0.25, 0.3) is 5.56 Å². The molecule has 0 atom stereocenters. The molecule has 1 aliphatic carbocycles. The van der Waals surface area contributed by atoms with E-state index in [0.717, 1.165) is 43.3 Å². The summed E-state index contributed by atoms with van der Waals surface area (Å²) in [5.41, 5.74) is 0.945. The summed E-state index contributed by atoms with van der Waals surface area (Å²) < 4.78 is 1.40. The van der Waals surface area contributed by atoms with E-state index in [-0.39, 0.29) is 5.56 Å². The van der Waals surface area contributed by atoms with Crippen LogP contribution in [-0.4, -0.2) is 44.9 Å². The second-order valence-corrected chi connectivity index (χ2v) is 7.03. The van der Waals surface area contributed by atoms with E-state index in [1.54, 1.807) is 19.4 Å².